The number of rotatable bonds is 3. The summed E-state index contributed by atoms with van der Waals surface area (Å²) < 4.78 is 0. The average Bonchev–Trinajstić information content (AvgIpc) is 3.04. The maximum atomic E-state index is 9.70. The van der Waals surface area contributed by atoms with Crippen LogP contribution in [0.5, 0.6) is 0 Å². The summed E-state index contributed by atoms with van der Waals surface area (Å²) in [6.45, 7) is 3.74. The minimum atomic E-state index is -0.205. The zero-order valence-corrected chi connectivity index (χ0v) is 15.2. The van der Waals surface area contributed by atoms with Crippen molar-refractivity contribution >= 4 is 11.4 Å². The van der Waals surface area contributed by atoms with Crippen molar-refractivity contribution in [3.8, 4) is 6.07 Å². The Kier molecular flexibility index (Phi) is 4.57. The minimum Gasteiger partial charge on any atom is -0.393 e. The number of nitrogens with one attached hydrogen (secondary N) is 1. The van der Waals surface area contributed by atoms with Crippen LogP contribution in [0.1, 0.15) is 47.6 Å². The first kappa shape index (κ1) is 16.9. The van der Waals surface area contributed by atoms with Crippen LogP contribution in [-0.4, -0.2) is 24.3 Å². The van der Waals surface area contributed by atoms with Crippen molar-refractivity contribution < 1.29 is 5.11 Å². The van der Waals surface area contributed by atoms with Crippen molar-refractivity contribution in [2.75, 3.05) is 23.3 Å². The van der Waals surface area contributed by atoms with Crippen molar-refractivity contribution in [1.29, 1.82) is 5.26 Å². The molecule has 2 N–H and O–H groups in total. The SMILES string of the molecule is Cc1ccc2c(c1)C(Nc1ccc(N3CCC(O)CC3)c(C#N)c1)CC2. The van der Waals surface area contributed by atoms with Gasteiger partial charge < -0.3 is 15.3 Å². The molecule has 4 heteroatoms. The van der Waals surface area contributed by atoms with E-state index in [4.69, 9.17) is 0 Å². The van der Waals surface area contributed by atoms with Crippen LogP contribution < -0.4 is 10.2 Å². The Labute approximate surface area is 155 Å². The third kappa shape index (κ3) is 3.27. The average molecular weight is 347 g/mol. The molecule has 0 aromatic heterocycles. The fraction of sp³-hybridized carbons (Fsp3) is 0.409. The lowest BCUT2D eigenvalue weighted by molar-refractivity contribution is 0.145. The van der Waals surface area contributed by atoms with E-state index < -0.39 is 0 Å². The number of aliphatic hydroxyl groups excluding tert-OH is 1. The quantitative estimate of drug-likeness (QED) is 0.883. The fourth-order valence-electron chi connectivity index (χ4n) is 4.17. The Hall–Kier alpha value is -2.51. The van der Waals surface area contributed by atoms with Crippen LogP contribution in [0.15, 0.2) is 36.4 Å². The molecule has 4 nitrogen and oxygen atoms in total. The number of hydrogen-bond donors (Lipinski definition) is 2. The third-order valence-electron chi connectivity index (χ3n) is 5.64. The number of piperidine rings is 1. The van der Waals surface area contributed by atoms with E-state index in [-0.39, 0.29) is 6.10 Å². The van der Waals surface area contributed by atoms with Gasteiger partial charge in [0.05, 0.1) is 23.4 Å². The second-order valence-corrected chi connectivity index (χ2v) is 7.50. The molecule has 0 radical (unpaired) electrons. The number of anilines is 2. The first-order chi connectivity index (χ1) is 12.6. The van der Waals surface area contributed by atoms with Gasteiger partial charge in [-0.2, -0.15) is 5.26 Å². The zero-order valence-electron chi connectivity index (χ0n) is 15.2. The topological polar surface area (TPSA) is 59.3 Å². The lowest BCUT2D eigenvalue weighted by Gasteiger charge is -2.32. The molecule has 1 atom stereocenters. The molecule has 1 aliphatic heterocycles. The summed E-state index contributed by atoms with van der Waals surface area (Å²) in [5.74, 6) is 0. The molecular formula is C22H25N3O. The largest absolute Gasteiger partial charge is 0.393 e. The monoisotopic (exact) mass is 347 g/mol. The second kappa shape index (κ2) is 7.01. The third-order valence-corrected chi connectivity index (χ3v) is 5.64. The molecule has 0 saturated carbocycles. The van der Waals surface area contributed by atoms with Crippen LogP contribution >= 0.6 is 0 Å². The molecule has 134 valence electrons. The molecular weight excluding hydrogens is 322 g/mol. The molecule has 0 bridgehead atoms. The maximum absolute atomic E-state index is 9.70. The highest BCUT2D eigenvalue weighted by atomic mass is 16.3. The van der Waals surface area contributed by atoms with E-state index in [1.165, 1.54) is 16.7 Å². The molecule has 0 spiro atoms. The van der Waals surface area contributed by atoms with Gasteiger partial charge in [-0.3, -0.25) is 0 Å². The van der Waals surface area contributed by atoms with Gasteiger partial charge in [-0.25, -0.2) is 0 Å². The zero-order chi connectivity index (χ0) is 18.1. The summed E-state index contributed by atoms with van der Waals surface area (Å²) in [4.78, 5) is 2.21. The first-order valence-electron chi connectivity index (χ1n) is 9.47. The summed E-state index contributed by atoms with van der Waals surface area (Å²) in [5, 5.41) is 23.0. The van der Waals surface area contributed by atoms with Crippen molar-refractivity contribution in [3.63, 3.8) is 0 Å². The van der Waals surface area contributed by atoms with Crippen LogP contribution in [-0.2, 0) is 6.42 Å². The smallest absolute Gasteiger partial charge is 0.101 e. The molecule has 2 aliphatic rings. The Morgan fingerprint density at radius 2 is 1.92 bits per heavy atom. The molecule has 2 aromatic carbocycles. The van der Waals surface area contributed by atoms with Crippen molar-refractivity contribution in [1.82, 2.24) is 0 Å². The summed E-state index contributed by atoms with van der Waals surface area (Å²) in [6.07, 6.45) is 3.52. The normalized spacial score (nSPS) is 19.9. The molecule has 1 saturated heterocycles. The van der Waals surface area contributed by atoms with Crippen LogP contribution in [0, 0.1) is 18.3 Å². The van der Waals surface area contributed by atoms with Crippen molar-refractivity contribution in [3.05, 3.63) is 58.7 Å². The number of aliphatic hydroxyl groups is 1. The van der Waals surface area contributed by atoms with Crippen LogP contribution in [0.3, 0.4) is 0 Å². The Balaban J connectivity index is 1.54. The molecule has 26 heavy (non-hydrogen) atoms. The fourth-order valence-corrected chi connectivity index (χ4v) is 4.17. The van der Waals surface area contributed by atoms with E-state index in [1.54, 1.807) is 0 Å². The van der Waals surface area contributed by atoms with E-state index in [9.17, 15) is 10.4 Å². The van der Waals surface area contributed by atoms with Gasteiger partial charge in [-0.05, 0) is 61.9 Å². The van der Waals surface area contributed by atoms with Gasteiger partial charge in [0.25, 0.3) is 0 Å². The van der Waals surface area contributed by atoms with Gasteiger partial charge in [0, 0.05) is 18.8 Å². The van der Waals surface area contributed by atoms with Gasteiger partial charge in [0.2, 0.25) is 0 Å². The Morgan fingerprint density at radius 3 is 2.69 bits per heavy atom. The number of hydrogen-bond acceptors (Lipinski definition) is 4. The highest BCUT2D eigenvalue weighted by Crippen LogP contribution is 2.35. The summed E-state index contributed by atoms with van der Waals surface area (Å²) in [5.41, 5.74) is 6.79. The van der Waals surface area contributed by atoms with E-state index in [2.05, 4.69) is 47.5 Å². The minimum absolute atomic E-state index is 0.205. The maximum Gasteiger partial charge on any atom is 0.101 e. The van der Waals surface area contributed by atoms with E-state index in [0.717, 1.165) is 50.1 Å². The van der Waals surface area contributed by atoms with Gasteiger partial charge in [0.1, 0.15) is 6.07 Å². The molecule has 4 rings (SSSR count). The highest BCUT2D eigenvalue weighted by Gasteiger charge is 2.23. The summed E-state index contributed by atoms with van der Waals surface area (Å²) in [7, 11) is 0. The number of nitrogens with zero attached hydrogens (tertiary/aromatic N) is 2. The lowest BCUT2D eigenvalue weighted by atomic mass is 10.0. The van der Waals surface area contributed by atoms with Gasteiger partial charge in [-0.1, -0.05) is 23.8 Å². The molecule has 1 fully saturated rings. The van der Waals surface area contributed by atoms with E-state index in [0.29, 0.717) is 11.6 Å². The van der Waals surface area contributed by atoms with Crippen molar-refractivity contribution in [2.24, 2.45) is 0 Å². The predicted octanol–water partition coefficient (Wildman–Crippen LogP) is 3.93. The van der Waals surface area contributed by atoms with Crippen molar-refractivity contribution in [2.45, 2.75) is 44.8 Å². The number of aryl methyl sites for hydroxylation is 2. The molecule has 1 heterocycles. The predicted molar refractivity (Wildman–Crippen MR) is 104 cm³/mol. The Bertz CT molecular complexity index is 847. The molecule has 1 unspecified atom stereocenters. The number of fused-ring (bicyclic) bond motifs is 1. The molecule has 2 aromatic rings. The number of nitriles is 1. The summed E-state index contributed by atoms with van der Waals surface area (Å²) in [6, 6.07) is 15.5. The number of benzene rings is 2. The van der Waals surface area contributed by atoms with E-state index >= 15 is 0 Å². The lowest BCUT2D eigenvalue weighted by Crippen LogP contribution is -2.36. The van der Waals surface area contributed by atoms with Gasteiger partial charge in [-0.15, -0.1) is 0 Å². The second-order valence-electron chi connectivity index (χ2n) is 7.50. The van der Waals surface area contributed by atoms with E-state index in [1.807, 2.05) is 12.1 Å². The first-order valence-corrected chi connectivity index (χ1v) is 9.47. The van der Waals surface area contributed by atoms with Gasteiger partial charge >= 0.3 is 0 Å². The molecule has 0 amide bonds. The van der Waals surface area contributed by atoms with Crippen LogP contribution in [0.4, 0.5) is 11.4 Å². The standard InChI is InChI=1S/C22H25N3O/c1-15-2-3-16-4-6-21(20(16)12-15)24-18-5-7-22(17(13-18)14-23)25-10-8-19(26)9-11-25/h2-3,5,7,12-13,19,21,24,26H,4,6,8-11H2,1H3. The summed E-state index contributed by atoms with van der Waals surface area (Å²) >= 11 is 0. The highest BCUT2D eigenvalue weighted by molar-refractivity contribution is 5.66. The van der Waals surface area contributed by atoms with Crippen LogP contribution in [0.2, 0.25) is 0 Å². The van der Waals surface area contributed by atoms with Gasteiger partial charge in [0.15, 0.2) is 0 Å². The van der Waals surface area contributed by atoms with Crippen LogP contribution in [0.25, 0.3) is 0 Å². The molecule has 1 aliphatic carbocycles. The Morgan fingerprint density at radius 1 is 1.12 bits per heavy atom.